The van der Waals surface area contributed by atoms with Crippen LogP contribution in [-0.4, -0.2) is 18.1 Å². The number of urea groups is 1. The predicted octanol–water partition coefficient (Wildman–Crippen LogP) is 3.20. The van der Waals surface area contributed by atoms with Crippen LogP contribution in [0.3, 0.4) is 0 Å². The van der Waals surface area contributed by atoms with Crippen LogP contribution < -0.4 is 10.6 Å². The van der Waals surface area contributed by atoms with Gasteiger partial charge in [0.25, 0.3) is 0 Å². The first-order valence-corrected chi connectivity index (χ1v) is 7.35. The zero-order chi connectivity index (χ0) is 12.1. The third-order valence-electron chi connectivity index (χ3n) is 4.32. The fraction of sp³-hybridized carbons (Fsp3) is 0.929. The molecule has 0 bridgehead atoms. The molecule has 2 N–H and O–H groups in total. The zero-order valence-electron chi connectivity index (χ0n) is 11.0. The second-order valence-electron chi connectivity index (χ2n) is 5.75. The molecule has 3 nitrogen and oxygen atoms in total. The molecule has 0 saturated heterocycles. The molecule has 2 amide bonds. The normalized spacial score (nSPS) is 29.5. The Morgan fingerprint density at radius 2 is 1.59 bits per heavy atom. The summed E-state index contributed by atoms with van der Waals surface area (Å²) in [5, 5.41) is 6.18. The maximum atomic E-state index is 11.7. The largest absolute Gasteiger partial charge is 0.335 e. The summed E-state index contributed by atoms with van der Waals surface area (Å²) in [6.07, 6.45) is 11.2. The van der Waals surface area contributed by atoms with Gasteiger partial charge in [-0.25, -0.2) is 4.79 Å². The molecule has 0 aromatic heterocycles. The number of nitrogens with one attached hydrogen (secondary N) is 2. The van der Waals surface area contributed by atoms with Crippen molar-refractivity contribution in [2.24, 2.45) is 5.92 Å². The van der Waals surface area contributed by atoms with Crippen LogP contribution in [0.1, 0.15) is 64.7 Å². The Morgan fingerprint density at radius 1 is 1.00 bits per heavy atom. The zero-order valence-corrected chi connectivity index (χ0v) is 11.0. The predicted molar refractivity (Wildman–Crippen MR) is 70.0 cm³/mol. The SMILES string of the molecule is CCCC1CCC(NC(=O)NC2CCC2)CC1. The fourth-order valence-electron chi connectivity index (χ4n) is 2.97. The molecule has 2 aliphatic rings. The third-order valence-corrected chi connectivity index (χ3v) is 4.32. The Bertz CT molecular complexity index is 243. The van der Waals surface area contributed by atoms with Crippen LogP contribution in [0.2, 0.25) is 0 Å². The summed E-state index contributed by atoms with van der Waals surface area (Å²) < 4.78 is 0. The smallest absolute Gasteiger partial charge is 0.315 e. The molecule has 0 unspecified atom stereocenters. The van der Waals surface area contributed by atoms with Gasteiger partial charge in [-0.2, -0.15) is 0 Å². The Balaban J connectivity index is 1.61. The molecule has 17 heavy (non-hydrogen) atoms. The van der Waals surface area contributed by atoms with E-state index < -0.39 is 0 Å². The van der Waals surface area contributed by atoms with E-state index in [9.17, 15) is 4.79 Å². The Kier molecular flexibility index (Phi) is 4.69. The molecular weight excluding hydrogens is 212 g/mol. The quantitative estimate of drug-likeness (QED) is 0.776. The molecule has 0 heterocycles. The summed E-state index contributed by atoms with van der Waals surface area (Å²) in [5.41, 5.74) is 0. The lowest BCUT2D eigenvalue weighted by molar-refractivity contribution is 0.214. The molecule has 3 heteroatoms. The molecule has 2 rings (SSSR count). The van der Waals surface area contributed by atoms with Crippen LogP contribution in [0.5, 0.6) is 0 Å². The van der Waals surface area contributed by atoms with Crippen molar-refractivity contribution in [2.75, 3.05) is 0 Å². The molecule has 0 aromatic carbocycles. The Morgan fingerprint density at radius 3 is 2.06 bits per heavy atom. The van der Waals surface area contributed by atoms with Crippen LogP contribution in [0.15, 0.2) is 0 Å². The van der Waals surface area contributed by atoms with Gasteiger partial charge in [0.2, 0.25) is 0 Å². The van der Waals surface area contributed by atoms with Crippen molar-refractivity contribution in [1.29, 1.82) is 0 Å². The maximum absolute atomic E-state index is 11.7. The van der Waals surface area contributed by atoms with Crippen molar-refractivity contribution in [3.8, 4) is 0 Å². The molecular formula is C14H26N2O. The van der Waals surface area contributed by atoms with E-state index in [4.69, 9.17) is 0 Å². The van der Waals surface area contributed by atoms with E-state index in [1.807, 2.05) is 0 Å². The average molecular weight is 238 g/mol. The topological polar surface area (TPSA) is 41.1 Å². The van der Waals surface area contributed by atoms with Crippen LogP contribution in [-0.2, 0) is 0 Å². The van der Waals surface area contributed by atoms with Crippen molar-refractivity contribution in [1.82, 2.24) is 10.6 Å². The molecule has 2 fully saturated rings. The summed E-state index contributed by atoms with van der Waals surface area (Å²) in [6.45, 7) is 2.26. The number of rotatable bonds is 4. The number of amides is 2. The lowest BCUT2D eigenvalue weighted by Gasteiger charge is -2.31. The highest BCUT2D eigenvalue weighted by molar-refractivity contribution is 5.74. The summed E-state index contributed by atoms with van der Waals surface area (Å²) in [4.78, 5) is 11.7. The standard InChI is InChI=1S/C14H26N2O/c1-2-4-11-7-9-13(10-8-11)16-14(17)15-12-5-3-6-12/h11-13H,2-10H2,1H3,(H2,15,16,17). The molecule has 0 atom stereocenters. The van der Waals surface area contributed by atoms with E-state index in [1.165, 1.54) is 44.9 Å². The summed E-state index contributed by atoms with van der Waals surface area (Å²) in [6, 6.07) is 0.934. The summed E-state index contributed by atoms with van der Waals surface area (Å²) in [7, 11) is 0. The second kappa shape index (κ2) is 6.27. The van der Waals surface area contributed by atoms with Crippen LogP contribution in [0.4, 0.5) is 4.79 Å². The number of hydrogen-bond donors (Lipinski definition) is 2. The van der Waals surface area contributed by atoms with Gasteiger partial charge in [0.05, 0.1) is 0 Å². The molecule has 0 aromatic rings. The van der Waals surface area contributed by atoms with E-state index in [0.29, 0.717) is 12.1 Å². The van der Waals surface area contributed by atoms with Crippen LogP contribution in [0, 0.1) is 5.92 Å². The highest BCUT2D eigenvalue weighted by Gasteiger charge is 2.24. The first-order valence-electron chi connectivity index (χ1n) is 7.35. The minimum absolute atomic E-state index is 0.0636. The lowest BCUT2D eigenvalue weighted by atomic mass is 9.83. The average Bonchev–Trinajstić information content (AvgIpc) is 2.27. The minimum Gasteiger partial charge on any atom is -0.335 e. The van der Waals surface area contributed by atoms with Gasteiger partial charge >= 0.3 is 6.03 Å². The number of carbonyl (C=O) groups is 1. The van der Waals surface area contributed by atoms with Crippen molar-refractivity contribution < 1.29 is 4.79 Å². The lowest BCUT2D eigenvalue weighted by Crippen LogP contribution is -2.49. The van der Waals surface area contributed by atoms with Gasteiger partial charge in [-0.15, -0.1) is 0 Å². The van der Waals surface area contributed by atoms with E-state index in [-0.39, 0.29) is 6.03 Å². The van der Waals surface area contributed by atoms with Crippen LogP contribution >= 0.6 is 0 Å². The molecule has 2 aliphatic carbocycles. The molecule has 2 saturated carbocycles. The van der Waals surface area contributed by atoms with E-state index >= 15 is 0 Å². The third kappa shape index (κ3) is 3.90. The highest BCUT2D eigenvalue weighted by Crippen LogP contribution is 2.27. The van der Waals surface area contributed by atoms with Crippen LogP contribution in [0.25, 0.3) is 0 Å². The van der Waals surface area contributed by atoms with E-state index in [0.717, 1.165) is 18.8 Å². The Hall–Kier alpha value is -0.730. The molecule has 0 aliphatic heterocycles. The second-order valence-corrected chi connectivity index (χ2v) is 5.75. The summed E-state index contributed by atoms with van der Waals surface area (Å²) in [5.74, 6) is 0.910. The minimum atomic E-state index is 0.0636. The van der Waals surface area contributed by atoms with Gasteiger partial charge in [0.1, 0.15) is 0 Å². The van der Waals surface area contributed by atoms with Crippen molar-refractivity contribution >= 4 is 6.03 Å². The van der Waals surface area contributed by atoms with Gasteiger partial charge in [-0.05, 0) is 50.9 Å². The van der Waals surface area contributed by atoms with Gasteiger partial charge in [0.15, 0.2) is 0 Å². The van der Waals surface area contributed by atoms with Gasteiger partial charge in [-0.3, -0.25) is 0 Å². The first-order chi connectivity index (χ1) is 8.28. The van der Waals surface area contributed by atoms with Crippen molar-refractivity contribution in [2.45, 2.75) is 76.8 Å². The summed E-state index contributed by atoms with van der Waals surface area (Å²) >= 11 is 0. The van der Waals surface area contributed by atoms with Crippen molar-refractivity contribution in [3.63, 3.8) is 0 Å². The van der Waals surface area contributed by atoms with E-state index in [1.54, 1.807) is 0 Å². The molecule has 0 radical (unpaired) electrons. The molecule has 0 spiro atoms. The van der Waals surface area contributed by atoms with Gasteiger partial charge in [0, 0.05) is 12.1 Å². The van der Waals surface area contributed by atoms with Crippen molar-refractivity contribution in [3.05, 3.63) is 0 Å². The first kappa shape index (κ1) is 12.7. The van der Waals surface area contributed by atoms with E-state index in [2.05, 4.69) is 17.6 Å². The Labute approximate surface area is 105 Å². The maximum Gasteiger partial charge on any atom is 0.315 e. The fourth-order valence-corrected chi connectivity index (χ4v) is 2.97. The number of carbonyl (C=O) groups excluding carboxylic acids is 1. The van der Waals surface area contributed by atoms with Gasteiger partial charge < -0.3 is 10.6 Å². The highest BCUT2D eigenvalue weighted by atomic mass is 16.2. The number of hydrogen-bond acceptors (Lipinski definition) is 1. The monoisotopic (exact) mass is 238 g/mol. The molecule has 98 valence electrons. The van der Waals surface area contributed by atoms with Gasteiger partial charge in [-0.1, -0.05) is 19.8 Å².